The molecule has 126 valence electrons. The van der Waals surface area contributed by atoms with Crippen molar-refractivity contribution < 1.29 is 13.6 Å². The van der Waals surface area contributed by atoms with Crippen LogP contribution in [0, 0.1) is 6.92 Å². The first kappa shape index (κ1) is 17.5. The zero-order chi connectivity index (χ0) is 17.0. The van der Waals surface area contributed by atoms with Crippen LogP contribution in [0.1, 0.15) is 24.5 Å². The molecule has 0 aliphatic carbocycles. The van der Waals surface area contributed by atoms with E-state index < -0.39 is 7.60 Å². The van der Waals surface area contributed by atoms with Crippen molar-refractivity contribution in [2.75, 3.05) is 12.8 Å². The molecule has 0 fully saturated rings. The first-order chi connectivity index (χ1) is 11.6. The van der Waals surface area contributed by atoms with Gasteiger partial charge >= 0.3 is 150 Å². The Bertz CT molecular complexity index is 786. The number of benzene rings is 2. The Kier molecular flexibility index (Phi) is 5.63. The molecular weight excluding hydrogens is 386 g/mol. The summed E-state index contributed by atoms with van der Waals surface area (Å²) in [4.78, 5) is 0. The van der Waals surface area contributed by atoms with Crippen LogP contribution in [0.4, 0.5) is 0 Å². The average Bonchev–Trinajstić information content (AvgIpc) is 2.58. The topological polar surface area (TPSA) is 35.5 Å². The van der Waals surface area contributed by atoms with E-state index in [2.05, 4.69) is 37.3 Å². The first-order valence-corrected chi connectivity index (χ1v) is 11.5. The predicted molar refractivity (Wildman–Crippen MR) is 99.7 cm³/mol. The van der Waals surface area contributed by atoms with Gasteiger partial charge in [0.25, 0.3) is 0 Å². The van der Waals surface area contributed by atoms with E-state index in [1.807, 2.05) is 31.2 Å². The van der Waals surface area contributed by atoms with Crippen molar-refractivity contribution in [3.8, 4) is 0 Å². The van der Waals surface area contributed by atoms with Gasteiger partial charge in [-0.1, -0.05) is 0 Å². The zero-order valence-corrected chi connectivity index (χ0v) is 16.5. The van der Waals surface area contributed by atoms with Crippen molar-refractivity contribution >= 4 is 32.8 Å². The molecular formula is C19H21O3PSe. The normalized spacial score (nSPS) is 20.8. The maximum atomic E-state index is 12.9. The molecule has 0 spiro atoms. The van der Waals surface area contributed by atoms with Crippen LogP contribution >= 0.6 is 7.60 Å². The minimum absolute atomic E-state index is 0.149. The van der Waals surface area contributed by atoms with Crippen molar-refractivity contribution in [2.45, 2.75) is 20.3 Å². The number of hydrogen-bond donors (Lipinski definition) is 0. The van der Waals surface area contributed by atoms with Gasteiger partial charge in [0, 0.05) is 0 Å². The molecule has 0 aromatic heterocycles. The van der Waals surface area contributed by atoms with Crippen LogP contribution in [-0.2, 0) is 13.6 Å². The van der Waals surface area contributed by atoms with E-state index in [1.165, 1.54) is 8.93 Å². The molecule has 0 saturated heterocycles. The van der Waals surface area contributed by atoms with Crippen molar-refractivity contribution in [3.63, 3.8) is 0 Å². The maximum absolute atomic E-state index is 12.9. The molecule has 3 nitrogen and oxygen atoms in total. The van der Waals surface area contributed by atoms with Crippen LogP contribution in [0.3, 0.4) is 0 Å². The van der Waals surface area contributed by atoms with Gasteiger partial charge in [-0.25, -0.2) is 0 Å². The second-order valence-electron chi connectivity index (χ2n) is 5.58. The summed E-state index contributed by atoms with van der Waals surface area (Å²) in [6.07, 6.45) is 1.22. The van der Waals surface area contributed by atoms with E-state index in [0.717, 1.165) is 23.3 Å². The molecule has 0 radical (unpaired) electrons. The Labute approximate surface area is 149 Å². The molecule has 2 aromatic rings. The summed E-state index contributed by atoms with van der Waals surface area (Å²) < 4.78 is 26.9. The van der Waals surface area contributed by atoms with E-state index in [1.54, 1.807) is 0 Å². The molecule has 0 saturated carbocycles. The van der Waals surface area contributed by atoms with E-state index in [-0.39, 0.29) is 15.0 Å². The van der Waals surface area contributed by atoms with E-state index in [0.29, 0.717) is 12.8 Å². The number of hydrogen-bond acceptors (Lipinski definition) is 3. The van der Waals surface area contributed by atoms with Crippen molar-refractivity contribution in [1.82, 2.24) is 0 Å². The van der Waals surface area contributed by atoms with Crippen LogP contribution in [-0.4, -0.2) is 27.7 Å². The van der Waals surface area contributed by atoms with Crippen LogP contribution in [0.15, 0.2) is 59.1 Å². The molecule has 5 heteroatoms. The molecule has 1 aliphatic rings. The Morgan fingerprint density at radius 3 is 2.54 bits per heavy atom. The molecule has 1 aliphatic heterocycles. The Balaban J connectivity index is 2.02. The number of aryl methyl sites for hydroxylation is 1. The Morgan fingerprint density at radius 2 is 1.83 bits per heavy atom. The Morgan fingerprint density at radius 1 is 1.12 bits per heavy atom. The second kappa shape index (κ2) is 7.72. The molecule has 3 rings (SSSR count). The van der Waals surface area contributed by atoms with Crippen molar-refractivity contribution in [2.24, 2.45) is 0 Å². The molecule has 0 N–H and O–H groups in total. The molecule has 1 heterocycles. The second-order valence-corrected chi connectivity index (χ2v) is 10.1. The fourth-order valence-electron chi connectivity index (χ4n) is 2.63. The summed E-state index contributed by atoms with van der Waals surface area (Å²) in [7, 11) is -3.04. The summed E-state index contributed by atoms with van der Waals surface area (Å²) >= 11 is 0.149. The first-order valence-electron chi connectivity index (χ1n) is 8.06. The summed E-state index contributed by atoms with van der Waals surface area (Å²) in [5.74, 6) is 0.764. The number of allylic oxidation sites excluding steroid dienone is 1. The summed E-state index contributed by atoms with van der Waals surface area (Å²) in [6, 6.07) is 18.5. The number of rotatable bonds is 5. The van der Waals surface area contributed by atoms with Gasteiger partial charge in [-0.05, 0) is 0 Å². The molecule has 0 amide bonds. The average molecular weight is 407 g/mol. The van der Waals surface area contributed by atoms with Crippen LogP contribution < -0.4 is 4.46 Å². The van der Waals surface area contributed by atoms with Gasteiger partial charge in [0.2, 0.25) is 0 Å². The fourth-order valence-corrected chi connectivity index (χ4v) is 6.91. The van der Waals surface area contributed by atoms with Crippen LogP contribution in [0.25, 0.3) is 5.76 Å². The minimum atomic E-state index is -3.04. The summed E-state index contributed by atoms with van der Waals surface area (Å²) in [6.45, 7) is 4.31. The molecule has 0 bridgehead atoms. The van der Waals surface area contributed by atoms with Gasteiger partial charge in [0.05, 0.1) is 0 Å². The van der Waals surface area contributed by atoms with E-state index >= 15 is 0 Å². The van der Waals surface area contributed by atoms with Gasteiger partial charge < -0.3 is 0 Å². The third kappa shape index (κ3) is 4.02. The molecule has 1 atom stereocenters. The molecule has 1 unspecified atom stereocenters. The molecule has 2 aromatic carbocycles. The zero-order valence-electron chi connectivity index (χ0n) is 13.9. The standard InChI is InChI=1S/C19H21O3PSe/c1-3-21-23(20)14-13-18(24-16-10-5-4-6-11-16)19(22-23)17-12-8-7-9-15(17)2/h4-12H,3,13-14H2,1-2H3. The fraction of sp³-hybridized carbons (Fsp3) is 0.263. The Hall–Kier alpha value is -1.31. The summed E-state index contributed by atoms with van der Waals surface area (Å²) in [5.41, 5.74) is 2.14. The third-order valence-electron chi connectivity index (χ3n) is 3.80. The van der Waals surface area contributed by atoms with Gasteiger partial charge in [0.15, 0.2) is 0 Å². The van der Waals surface area contributed by atoms with Gasteiger partial charge in [0.1, 0.15) is 0 Å². The van der Waals surface area contributed by atoms with Crippen LogP contribution in [0.2, 0.25) is 0 Å². The van der Waals surface area contributed by atoms with Crippen molar-refractivity contribution in [1.29, 1.82) is 0 Å². The third-order valence-corrected chi connectivity index (χ3v) is 8.08. The monoisotopic (exact) mass is 408 g/mol. The van der Waals surface area contributed by atoms with Crippen molar-refractivity contribution in [3.05, 3.63) is 70.2 Å². The van der Waals surface area contributed by atoms with Gasteiger partial charge in [-0.2, -0.15) is 0 Å². The summed E-state index contributed by atoms with van der Waals surface area (Å²) in [5, 5.41) is 0. The predicted octanol–water partition coefficient (Wildman–Crippen LogP) is 4.34. The SMILES string of the molecule is CCOP1(=O)CCC([Se]c2ccccc2)=C(c2ccccc2C)O1. The van der Waals surface area contributed by atoms with Gasteiger partial charge in [-0.3, -0.25) is 0 Å². The molecule has 24 heavy (non-hydrogen) atoms. The van der Waals surface area contributed by atoms with E-state index in [9.17, 15) is 4.57 Å². The van der Waals surface area contributed by atoms with E-state index in [4.69, 9.17) is 9.05 Å². The quantitative estimate of drug-likeness (QED) is 0.546. The van der Waals surface area contributed by atoms with Crippen LogP contribution in [0.5, 0.6) is 0 Å². The van der Waals surface area contributed by atoms with Gasteiger partial charge in [-0.15, -0.1) is 0 Å².